The highest BCUT2D eigenvalue weighted by molar-refractivity contribution is 6.27. The first-order valence-corrected chi connectivity index (χ1v) is 5.32. The number of ether oxygens (including phenoxy) is 1. The van der Waals surface area contributed by atoms with E-state index in [0.717, 1.165) is 25.9 Å². The fourth-order valence-electron chi connectivity index (χ4n) is 1.31. The van der Waals surface area contributed by atoms with Crippen molar-refractivity contribution in [3.05, 3.63) is 0 Å². The van der Waals surface area contributed by atoms with Gasteiger partial charge in [0.1, 0.15) is 0 Å². The van der Waals surface area contributed by atoms with E-state index in [4.69, 9.17) is 24.5 Å². The lowest BCUT2D eigenvalue weighted by Crippen LogP contribution is -2.35. The first kappa shape index (κ1) is 15.4. The molecule has 7 nitrogen and oxygen atoms in total. The van der Waals surface area contributed by atoms with Crippen molar-refractivity contribution in [2.75, 3.05) is 19.7 Å². The third-order valence-electron chi connectivity index (χ3n) is 2.10. The molecule has 1 fully saturated rings. The molecule has 0 aromatic carbocycles. The first-order valence-electron chi connectivity index (χ1n) is 5.32. The number of rotatable bonds is 2. The highest BCUT2D eigenvalue weighted by Gasteiger charge is 2.21. The third kappa shape index (κ3) is 7.29. The Bertz CT molecular complexity index is 260. The summed E-state index contributed by atoms with van der Waals surface area (Å²) in [6.07, 6.45) is 2.06. The molecule has 0 aliphatic carbocycles. The van der Waals surface area contributed by atoms with Gasteiger partial charge >= 0.3 is 17.9 Å². The van der Waals surface area contributed by atoms with Crippen molar-refractivity contribution in [2.45, 2.75) is 19.8 Å². The zero-order valence-corrected chi connectivity index (χ0v) is 9.64. The van der Waals surface area contributed by atoms with Gasteiger partial charge in [0.25, 0.3) is 0 Å². The fourth-order valence-corrected chi connectivity index (χ4v) is 1.31. The Balaban J connectivity index is 0.000000366. The van der Waals surface area contributed by atoms with Crippen molar-refractivity contribution < 1.29 is 29.3 Å². The Morgan fingerprint density at radius 3 is 2.24 bits per heavy atom. The number of aliphatic carboxylic acids is 2. The molecule has 1 aliphatic rings. The number of nitrogens with one attached hydrogen (secondary N) is 1. The standard InChI is InChI=1S/C8H15NO2.C2H2O4/c1-2-11-8(10)7-4-3-5-9-6-7;3-1(4)2(5)6/h7,9H,2-6H2,1H3;(H,3,4)(H,5,6)/t7-;/m1./s1. The minimum Gasteiger partial charge on any atom is -0.473 e. The van der Waals surface area contributed by atoms with Gasteiger partial charge < -0.3 is 20.3 Å². The summed E-state index contributed by atoms with van der Waals surface area (Å²) in [5.74, 6) is -3.59. The Labute approximate surface area is 98.8 Å². The van der Waals surface area contributed by atoms with Crippen molar-refractivity contribution in [3.8, 4) is 0 Å². The minimum absolute atomic E-state index is 0.0419. The Morgan fingerprint density at radius 2 is 1.88 bits per heavy atom. The van der Waals surface area contributed by atoms with Gasteiger partial charge in [-0.3, -0.25) is 4.79 Å². The number of carbonyl (C=O) groups excluding carboxylic acids is 1. The lowest BCUT2D eigenvalue weighted by atomic mass is 10.0. The lowest BCUT2D eigenvalue weighted by Gasteiger charge is -2.20. The molecule has 1 heterocycles. The maximum Gasteiger partial charge on any atom is 0.414 e. The third-order valence-corrected chi connectivity index (χ3v) is 2.10. The van der Waals surface area contributed by atoms with Crippen LogP contribution in [0.4, 0.5) is 0 Å². The van der Waals surface area contributed by atoms with Crippen LogP contribution in [0.25, 0.3) is 0 Å². The predicted octanol–water partition coefficient (Wildman–Crippen LogP) is -0.295. The van der Waals surface area contributed by atoms with Gasteiger partial charge in [-0.05, 0) is 26.3 Å². The topological polar surface area (TPSA) is 113 Å². The molecular formula is C10H17NO6. The average molecular weight is 247 g/mol. The van der Waals surface area contributed by atoms with Gasteiger partial charge in [0.2, 0.25) is 0 Å². The monoisotopic (exact) mass is 247 g/mol. The lowest BCUT2D eigenvalue weighted by molar-refractivity contribution is -0.159. The van der Waals surface area contributed by atoms with Crippen molar-refractivity contribution in [2.24, 2.45) is 5.92 Å². The molecule has 0 unspecified atom stereocenters. The number of carboxylic acids is 2. The van der Waals surface area contributed by atoms with Crippen LogP contribution in [-0.2, 0) is 19.1 Å². The second-order valence-electron chi connectivity index (χ2n) is 3.41. The Morgan fingerprint density at radius 1 is 1.29 bits per heavy atom. The normalized spacial score (nSPS) is 18.5. The van der Waals surface area contributed by atoms with Crippen molar-refractivity contribution in [3.63, 3.8) is 0 Å². The number of hydrogen-bond donors (Lipinski definition) is 3. The first-order chi connectivity index (χ1) is 7.99. The van der Waals surface area contributed by atoms with Gasteiger partial charge in [-0.2, -0.15) is 0 Å². The molecule has 3 N–H and O–H groups in total. The van der Waals surface area contributed by atoms with E-state index in [1.165, 1.54) is 0 Å². The van der Waals surface area contributed by atoms with Gasteiger partial charge in [0.05, 0.1) is 12.5 Å². The summed E-state index contributed by atoms with van der Waals surface area (Å²) in [5.41, 5.74) is 0. The van der Waals surface area contributed by atoms with Crippen molar-refractivity contribution in [1.82, 2.24) is 5.32 Å². The maximum atomic E-state index is 11.1. The van der Waals surface area contributed by atoms with E-state index in [1.807, 2.05) is 6.92 Å². The van der Waals surface area contributed by atoms with E-state index < -0.39 is 11.9 Å². The van der Waals surface area contributed by atoms with Crippen LogP contribution in [0.3, 0.4) is 0 Å². The van der Waals surface area contributed by atoms with Crippen LogP contribution in [-0.4, -0.2) is 47.8 Å². The van der Waals surface area contributed by atoms with E-state index >= 15 is 0 Å². The molecule has 0 aromatic heterocycles. The molecule has 1 aliphatic heterocycles. The van der Waals surface area contributed by atoms with Gasteiger partial charge in [-0.15, -0.1) is 0 Å². The van der Waals surface area contributed by atoms with Crippen LogP contribution in [0.2, 0.25) is 0 Å². The molecule has 7 heteroatoms. The van der Waals surface area contributed by atoms with Crippen molar-refractivity contribution in [1.29, 1.82) is 0 Å². The molecule has 0 radical (unpaired) electrons. The highest BCUT2D eigenvalue weighted by Crippen LogP contribution is 2.11. The summed E-state index contributed by atoms with van der Waals surface area (Å²) < 4.78 is 4.90. The largest absolute Gasteiger partial charge is 0.473 e. The second-order valence-corrected chi connectivity index (χ2v) is 3.41. The molecule has 1 rings (SSSR count). The second kappa shape index (κ2) is 8.51. The highest BCUT2D eigenvalue weighted by atomic mass is 16.5. The number of piperidine rings is 1. The van der Waals surface area contributed by atoms with Crippen LogP contribution >= 0.6 is 0 Å². The number of carbonyl (C=O) groups is 3. The summed E-state index contributed by atoms with van der Waals surface area (Å²) in [5, 5.41) is 18.0. The summed E-state index contributed by atoms with van der Waals surface area (Å²) in [6.45, 7) is 4.16. The van der Waals surface area contributed by atoms with E-state index in [1.54, 1.807) is 0 Å². The van der Waals surface area contributed by atoms with Crippen molar-refractivity contribution >= 4 is 17.9 Å². The molecule has 0 aromatic rings. The molecule has 0 amide bonds. The summed E-state index contributed by atoms with van der Waals surface area (Å²) >= 11 is 0. The smallest absolute Gasteiger partial charge is 0.414 e. The summed E-state index contributed by atoms with van der Waals surface area (Å²) in [6, 6.07) is 0. The van der Waals surface area contributed by atoms with Crippen LogP contribution in [0.5, 0.6) is 0 Å². The van der Waals surface area contributed by atoms with Crippen LogP contribution in [0.15, 0.2) is 0 Å². The molecule has 0 spiro atoms. The molecular weight excluding hydrogens is 230 g/mol. The molecule has 0 saturated carbocycles. The molecule has 1 saturated heterocycles. The predicted molar refractivity (Wildman–Crippen MR) is 57.5 cm³/mol. The van der Waals surface area contributed by atoms with E-state index in [-0.39, 0.29) is 11.9 Å². The van der Waals surface area contributed by atoms with E-state index in [0.29, 0.717) is 6.61 Å². The SMILES string of the molecule is CCOC(=O)[C@@H]1CCCNC1.O=C(O)C(=O)O. The summed E-state index contributed by atoms with van der Waals surface area (Å²) in [4.78, 5) is 29.3. The minimum atomic E-state index is -1.82. The maximum absolute atomic E-state index is 11.1. The zero-order chi connectivity index (χ0) is 13.3. The number of hydrogen-bond acceptors (Lipinski definition) is 5. The molecule has 17 heavy (non-hydrogen) atoms. The van der Waals surface area contributed by atoms with Crippen LogP contribution in [0, 0.1) is 5.92 Å². The van der Waals surface area contributed by atoms with Crippen LogP contribution in [0.1, 0.15) is 19.8 Å². The van der Waals surface area contributed by atoms with E-state index in [2.05, 4.69) is 5.32 Å². The number of esters is 1. The molecule has 1 atom stereocenters. The number of carboxylic acid groups (broad SMARTS) is 2. The molecule has 98 valence electrons. The Hall–Kier alpha value is -1.63. The van der Waals surface area contributed by atoms with E-state index in [9.17, 15) is 4.79 Å². The molecule has 0 bridgehead atoms. The summed E-state index contributed by atoms with van der Waals surface area (Å²) in [7, 11) is 0. The average Bonchev–Trinajstić information content (AvgIpc) is 2.31. The van der Waals surface area contributed by atoms with Gasteiger partial charge in [-0.25, -0.2) is 9.59 Å². The van der Waals surface area contributed by atoms with Gasteiger partial charge in [0.15, 0.2) is 0 Å². The Kier molecular flexibility index (Phi) is 7.70. The van der Waals surface area contributed by atoms with Gasteiger partial charge in [0, 0.05) is 6.54 Å². The fraction of sp³-hybridized carbons (Fsp3) is 0.700. The van der Waals surface area contributed by atoms with Crippen LogP contribution < -0.4 is 5.32 Å². The quantitative estimate of drug-likeness (QED) is 0.453. The zero-order valence-electron chi connectivity index (χ0n) is 9.64. The van der Waals surface area contributed by atoms with Gasteiger partial charge in [-0.1, -0.05) is 0 Å².